The first-order chi connectivity index (χ1) is 10.2. The Labute approximate surface area is 135 Å². The molecule has 1 aromatic carbocycles. The van der Waals surface area contributed by atoms with E-state index in [1.807, 2.05) is 12.1 Å². The van der Waals surface area contributed by atoms with Gasteiger partial charge in [0.1, 0.15) is 0 Å². The van der Waals surface area contributed by atoms with Crippen LogP contribution in [0.2, 0.25) is 0 Å². The van der Waals surface area contributed by atoms with E-state index >= 15 is 0 Å². The van der Waals surface area contributed by atoms with Crippen LogP contribution in [0.5, 0.6) is 0 Å². The van der Waals surface area contributed by atoms with E-state index in [0.29, 0.717) is 17.7 Å². The van der Waals surface area contributed by atoms with Gasteiger partial charge in [-0.25, -0.2) is 0 Å². The maximum absolute atomic E-state index is 12.4. The second kappa shape index (κ2) is 6.49. The molecule has 4 heteroatoms. The van der Waals surface area contributed by atoms with Crippen LogP contribution >= 0.6 is 15.9 Å². The Hall–Kier alpha value is -0.870. The molecule has 0 aliphatic carbocycles. The van der Waals surface area contributed by atoms with Crippen molar-refractivity contribution in [2.24, 2.45) is 5.41 Å². The zero-order valence-electron chi connectivity index (χ0n) is 12.4. The molecule has 2 aliphatic rings. The molecule has 2 aliphatic heterocycles. The molecule has 0 saturated carbocycles. The smallest absolute Gasteiger partial charge is 0.222 e. The summed E-state index contributed by atoms with van der Waals surface area (Å²) in [6.45, 7) is 4.18. The largest absolute Gasteiger partial charge is 0.343 e. The predicted octanol–water partition coefficient (Wildman–Crippen LogP) is 2.98. The van der Waals surface area contributed by atoms with E-state index in [9.17, 15) is 4.79 Å². The number of carbonyl (C=O) groups excluding carboxylic acids is 1. The van der Waals surface area contributed by atoms with E-state index in [1.165, 1.54) is 24.8 Å². The molecule has 21 heavy (non-hydrogen) atoms. The lowest BCUT2D eigenvalue weighted by Crippen LogP contribution is -2.44. The van der Waals surface area contributed by atoms with E-state index in [1.54, 1.807) is 0 Å². The lowest BCUT2D eigenvalue weighted by Gasteiger charge is -2.39. The van der Waals surface area contributed by atoms with E-state index in [2.05, 4.69) is 38.3 Å². The second-order valence-electron chi connectivity index (χ2n) is 6.44. The van der Waals surface area contributed by atoms with Crippen molar-refractivity contribution in [3.05, 3.63) is 34.3 Å². The molecule has 3 nitrogen and oxygen atoms in total. The monoisotopic (exact) mass is 350 g/mol. The lowest BCUT2D eigenvalue weighted by molar-refractivity contribution is -0.133. The summed E-state index contributed by atoms with van der Waals surface area (Å²) in [4.78, 5) is 14.4. The minimum absolute atomic E-state index is 0.316. The van der Waals surface area contributed by atoms with Crippen molar-refractivity contribution in [3.8, 4) is 0 Å². The summed E-state index contributed by atoms with van der Waals surface area (Å²) in [6, 6.07) is 8.24. The van der Waals surface area contributed by atoms with Gasteiger partial charge in [0.25, 0.3) is 0 Å². The van der Waals surface area contributed by atoms with Gasteiger partial charge in [0, 0.05) is 30.5 Å². The molecule has 1 spiro atoms. The molecule has 1 amide bonds. The van der Waals surface area contributed by atoms with Crippen molar-refractivity contribution < 1.29 is 4.79 Å². The van der Waals surface area contributed by atoms with Crippen LogP contribution in [0.15, 0.2) is 28.7 Å². The maximum atomic E-state index is 12.4. The number of carbonyl (C=O) groups is 1. The highest BCUT2D eigenvalue weighted by Crippen LogP contribution is 2.37. The Morgan fingerprint density at radius 2 is 2.10 bits per heavy atom. The summed E-state index contributed by atoms with van der Waals surface area (Å²) in [7, 11) is 0. The molecule has 3 rings (SSSR count). The normalized spacial score (nSPS) is 20.9. The van der Waals surface area contributed by atoms with Gasteiger partial charge in [0.15, 0.2) is 0 Å². The fraction of sp³-hybridized carbons (Fsp3) is 0.588. The number of nitrogens with zero attached hydrogens (tertiary/aromatic N) is 1. The summed E-state index contributed by atoms with van der Waals surface area (Å²) in [5.41, 5.74) is 1.72. The molecule has 1 N–H and O–H groups in total. The van der Waals surface area contributed by atoms with Crippen molar-refractivity contribution in [1.82, 2.24) is 10.2 Å². The van der Waals surface area contributed by atoms with Crippen LogP contribution in [0.25, 0.3) is 0 Å². The summed E-state index contributed by atoms with van der Waals surface area (Å²) in [5, 5.41) is 3.47. The Balaban J connectivity index is 1.48. The van der Waals surface area contributed by atoms with Gasteiger partial charge >= 0.3 is 0 Å². The van der Waals surface area contributed by atoms with Gasteiger partial charge in [-0.1, -0.05) is 28.1 Å². The molecule has 1 aromatic rings. The molecule has 0 aromatic heterocycles. The molecule has 0 radical (unpaired) electrons. The maximum Gasteiger partial charge on any atom is 0.222 e. The van der Waals surface area contributed by atoms with Gasteiger partial charge in [-0.15, -0.1) is 0 Å². The molecule has 0 unspecified atom stereocenters. The minimum atomic E-state index is 0.316. The molecule has 2 saturated heterocycles. The zero-order chi connectivity index (χ0) is 14.7. The number of aryl methyl sites for hydroxylation is 1. The number of benzene rings is 1. The van der Waals surface area contributed by atoms with Gasteiger partial charge in [-0.05, 0) is 55.3 Å². The highest BCUT2D eigenvalue weighted by Gasteiger charge is 2.37. The Morgan fingerprint density at radius 3 is 2.76 bits per heavy atom. The molecule has 114 valence electrons. The highest BCUT2D eigenvalue weighted by atomic mass is 79.9. The zero-order valence-corrected chi connectivity index (χ0v) is 14.0. The summed E-state index contributed by atoms with van der Waals surface area (Å²) in [6.07, 6.45) is 5.08. The Kier molecular flexibility index (Phi) is 4.65. The van der Waals surface area contributed by atoms with Gasteiger partial charge in [0.05, 0.1) is 0 Å². The van der Waals surface area contributed by atoms with Crippen LogP contribution in [-0.4, -0.2) is 37.0 Å². The van der Waals surface area contributed by atoms with Crippen molar-refractivity contribution in [3.63, 3.8) is 0 Å². The van der Waals surface area contributed by atoms with Crippen LogP contribution in [0, 0.1) is 5.41 Å². The second-order valence-corrected chi connectivity index (χ2v) is 7.35. The lowest BCUT2D eigenvalue weighted by atomic mass is 9.78. The first kappa shape index (κ1) is 15.0. The molecule has 2 heterocycles. The minimum Gasteiger partial charge on any atom is -0.343 e. The average molecular weight is 351 g/mol. The third kappa shape index (κ3) is 3.67. The quantitative estimate of drug-likeness (QED) is 0.908. The van der Waals surface area contributed by atoms with Gasteiger partial charge in [-0.3, -0.25) is 4.79 Å². The number of nitrogens with one attached hydrogen (secondary N) is 1. The van der Waals surface area contributed by atoms with E-state index in [4.69, 9.17) is 0 Å². The number of halogens is 1. The number of hydrogen-bond donors (Lipinski definition) is 1. The van der Waals surface area contributed by atoms with Gasteiger partial charge < -0.3 is 10.2 Å². The van der Waals surface area contributed by atoms with Crippen molar-refractivity contribution >= 4 is 21.8 Å². The van der Waals surface area contributed by atoms with Gasteiger partial charge in [0.2, 0.25) is 5.91 Å². The number of piperidine rings is 1. The predicted molar refractivity (Wildman–Crippen MR) is 88.2 cm³/mol. The topological polar surface area (TPSA) is 32.3 Å². The molecule has 0 atom stereocenters. The van der Waals surface area contributed by atoms with E-state index in [0.717, 1.165) is 37.1 Å². The van der Waals surface area contributed by atoms with Crippen LogP contribution in [-0.2, 0) is 11.2 Å². The van der Waals surface area contributed by atoms with Crippen LogP contribution in [0.1, 0.15) is 31.2 Å². The van der Waals surface area contributed by atoms with Crippen molar-refractivity contribution in [2.75, 3.05) is 26.2 Å². The standard InChI is InChI=1S/C17H23BrN2O/c18-15-3-1-2-14(12-15)4-5-16(21)20-10-7-17(8-11-20)6-9-19-13-17/h1-3,12,19H,4-11,13H2. The number of amides is 1. The highest BCUT2D eigenvalue weighted by molar-refractivity contribution is 9.10. The first-order valence-electron chi connectivity index (χ1n) is 7.90. The Bertz CT molecular complexity index is 501. The summed E-state index contributed by atoms with van der Waals surface area (Å²) >= 11 is 3.48. The van der Waals surface area contributed by atoms with E-state index in [-0.39, 0.29) is 0 Å². The average Bonchev–Trinajstić information content (AvgIpc) is 2.94. The summed E-state index contributed by atoms with van der Waals surface area (Å²) < 4.78 is 1.08. The molecule has 2 fully saturated rings. The van der Waals surface area contributed by atoms with Gasteiger partial charge in [-0.2, -0.15) is 0 Å². The van der Waals surface area contributed by atoms with Crippen molar-refractivity contribution in [2.45, 2.75) is 32.1 Å². The summed E-state index contributed by atoms with van der Waals surface area (Å²) in [5.74, 6) is 0.316. The third-order valence-corrected chi connectivity index (χ3v) is 5.52. The van der Waals surface area contributed by atoms with Crippen molar-refractivity contribution in [1.29, 1.82) is 0 Å². The number of hydrogen-bond acceptors (Lipinski definition) is 2. The fourth-order valence-electron chi connectivity index (χ4n) is 3.55. The van der Waals surface area contributed by atoms with Crippen LogP contribution < -0.4 is 5.32 Å². The van der Waals surface area contributed by atoms with Crippen LogP contribution in [0.3, 0.4) is 0 Å². The Morgan fingerprint density at radius 1 is 1.29 bits per heavy atom. The SMILES string of the molecule is O=C(CCc1cccc(Br)c1)N1CCC2(CCNC2)CC1. The van der Waals surface area contributed by atoms with Crippen LogP contribution in [0.4, 0.5) is 0 Å². The number of rotatable bonds is 3. The molecule has 0 bridgehead atoms. The number of likely N-dealkylation sites (tertiary alicyclic amines) is 1. The first-order valence-corrected chi connectivity index (χ1v) is 8.69. The molecular weight excluding hydrogens is 328 g/mol. The third-order valence-electron chi connectivity index (χ3n) is 5.03. The van der Waals surface area contributed by atoms with E-state index < -0.39 is 0 Å². The molecular formula is C17H23BrN2O. The fourth-order valence-corrected chi connectivity index (χ4v) is 4.00.